The summed E-state index contributed by atoms with van der Waals surface area (Å²) in [5.74, 6) is -1.60. The summed E-state index contributed by atoms with van der Waals surface area (Å²) in [5, 5.41) is 0. The van der Waals surface area contributed by atoms with Gasteiger partial charge in [0.05, 0.1) is 37.4 Å². The molecule has 0 aromatic heterocycles. The van der Waals surface area contributed by atoms with Crippen molar-refractivity contribution in [2.45, 2.75) is 12.8 Å². The average Bonchev–Trinajstić information content (AvgIpc) is 2.98. The Labute approximate surface area is 110 Å². The standard InChI is InChI=1S/C14H15FN2O2/c15-10-3-4-12-11(9-10)13(18)14(19)17(12)8-7-16-5-1-2-6-16/h3-4,9H,1-2,5-8H2/p+1. The molecule has 0 atom stereocenters. The van der Waals surface area contributed by atoms with Crippen LogP contribution < -0.4 is 9.80 Å². The number of quaternary nitrogens is 1. The topological polar surface area (TPSA) is 41.8 Å². The molecular formula is C14H16FN2O2+. The van der Waals surface area contributed by atoms with E-state index in [0.717, 1.165) is 25.7 Å². The molecule has 3 rings (SSSR count). The SMILES string of the molecule is O=C1C(=O)N(CC[NH+]2CCCC2)c2ccc(F)cc21. The van der Waals surface area contributed by atoms with Crippen LogP contribution in [0.4, 0.5) is 10.1 Å². The first kappa shape index (κ1) is 12.3. The van der Waals surface area contributed by atoms with Crippen molar-refractivity contribution in [3.05, 3.63) is 29.6 Å². The fourth-order valence-electron chi connectivity index (χ4n) is 2.89. The fourth-order valence-corrected chi connectivity index (χ4v) is 2.89. The summed E-state index contributed by atoms with van der Waals surface area (Å²) in [7, 11) is 0. The van der Waals surface area contributed by atoms with Gasteiger partial charge >= 0.3 is 0 Å². The highest BCUT2D eigenvalue weighted by Crippen LogP contribution is 2.28. The van der Waals surface area contributed by atoms with Gasteiger partial charge in [-0.15, -0.1) is 0 Å². The molecule has 0 unspecified atom stereocenters. The summed E-state index contributed by atoms with van der Waals surface area (Å²) in [4.78, 5) is 26.7. The van der Waals surface area contributed by atoms with Gasteiger partial charge in [-0.25, -0.2) is 4.39 Å². The summed E-state index contributed by atoms with van der Waals surface area (Å²) in [6.07, 6.45) is 2.45. The van der Waals surface area contributed by atoms with Crippen molar-refractivity contribution in [3.8, 4) is 0 Å². The lowest BCUT2D eigenvalue weighted by Crippen LogP contribution is -3.10. The summed E-state index contributed by atoms with van der Waals surface area (Å²) in [6.45, 7) is 3.63. The number of halogens is 1. The van der Waals surface area contributed by atoms with E-state index in [9.17, 15) is 14.0 Å². The molecule has 1 saturated heterocycles. The van der Waals surface area contributed by atoms with Gasteiger partial charge in [-0.1, -0.05) is 0 Å². The maximum atomic E-state index is 13.1. The fraction of sp³-hybridized carbons (Fsp3) is 0.429. The van der Waals surface area contributed by atoms with Gasteiger partial charge < -0.3 is 4.90 Å². The normalized spacial score (nSPS) is 19.3. The Morgan fingerprint density at radius 1 is 1.21 bits per heavy atom. The summed E-state index contributed by atoms with van der Waals surface area (Å²) >= 11 is 0. The Hall–Kier alpha value is -1.75. The maximum Gasteiger partial charge on any atom is 0.299 e. The minimum atomic E-state index is -0.592. The van der Waals surface area contributed by atoms with Crippen LogP contribution in [0.1, 0.15) is 23.2 Å². The molecule has 19 heavy (non-hydrogen) atoms. The molecular weight excluding hydrogens is 247 g/mol. The molecule has 0 radical (unpaired) electrons. The lowest BCUT2D eigenvalue weighted by atomic mass is 10.1. The van der Waals surface area contributed by atoms with Crippen LogP contribution in [0.2, 0.25) is 0 Å². The third-order valence-electron chi connectivity index (χ3n) is 3.93. The third-order valence-corrected chi connectivity index (χ3v) is 3.93. The van der Waals surface area contributed by atoms with Crippen molar-refractivity contribution in [2.24, 2.45) is 0 Å². The summed E-state index contributed by atoms with van der Waals surface area (Å²) in [5.41, 5.74) is 0.747. The lowest BCUT2D eigenvalue weighted by molar-refractivity contribution is -0.885. The van der Waals surface area contributed by atoms with Gasteiger partial charge in [0.2, 0.25) is 0 Å². The second kappa shape index (κ2) is 4.74. The molecule has 0 spiro atoms. The van der Waals surface area contributed by atoms with Crippen LogP contribution in [-0.4, -0.2) is 37.9 Å². The highest BCUT2D eigenvalue weighted by atomic mass is 19.1. The monoisotopic (exact) mass is 263 g/mol. The smallest absolute Gasteiger partial charge is 0.299 e. The number of ketones is 1. The minimum absolute atomic E-state index is 0.196. The van der Waals surface area contributed by atoms with E-state index in [2.05, 4.69) is 0 Å². The van der Waals surface area contributed by atoms with Crippen LogP contribution in [0, 0.1) is 5.82 Å². The first-order valence-corrected chi connectivity index (χ1v) is 6.66. The summed E-state index contributed by atoms with van der Waals surface area (Å²) < 4.78 is 13.1. The number of amides is 1. The maximum absolute atomic E-state index is 13.1. The number of rotatable bonds is 3. The van der Waals surface area contributed by atoms with E-state index in [1.807, 2.05) is 0 Å². The molecule has 5 heteroatoms. The van der Waals surface area contributed by atoms with Crippen molar-refractivity contribution >= 4 is 17.4 Å². The molecule has 1 fully saturated rings. The van der Waals surface area contributed by atoms with Crippen molar-refractivity contribution in [1.29, 1.82) is 0 Å². The first-order chi connectivity index (χ1) is 9.16. The third kappa shape index (κ3) is 2.14. The van der Waals surface area contributed by atoms with Gasteiger partial charge in [-0.3, -0.25) is 14.5 Å². The summed E-state index contributed by atoms with van der Waals surface area (Å²) in [6, 6.07) is 3.96. The van der Waals surface area contributed by atoms with Gasteiger partial charge in [0.25, 0.3) is 11.7 Å². The molecule has 1 amide bonds. The number of nitrogens with one attached hydrogen (secondary N) is 1. The zero-order valence-corrected chi connectivity index (χ0v) is 10.6. The number of hydrogen-bond acceptors (Lipinski definition) is 2. The lowest BCUT2D eigenvalue weighted by Gasteiger charge is -2.19. The second-order valence-corrected chi connectivity index (χ2v) is 5.15. The Balaban J connectivity index is 1.78. The minimum Gasteiger partial charge on any atom is -0.333 e. The number of nitrogens with zero attached hydrogens (tertiary/aromatic N) is 1. The highest BCUT2D eigenvalue weighted by molar-refractivity contribution is 6.52. The Bertz CT molecular complexity index is 538. The molecule has 2 aliphatic rings. The second-order valence-electron chi connectivity index (χ2n) is 5.15. The van der Waals surface area contributed by atoms with Gasteiger partial charge in [0, 0.05) is 12.8 Å². The Kier molecular flexibility index (Phi) is 3.06. The molecule has 1 N–H and O–H groups in total. The van der Waals surface area contributed by atoms with Crippen LogP contribution >= 0.6 is 0 Å². The van der Waals surface area contributed by atoms with Crippen molar-refractivity contribution in [1.82, 2.24) is 0 Å². The first-order valence-electron chi connectivity index (χ1n) is 6.66. The van der Waals surface area contributed by atoms with Crippen LogP contribution in [0.15, 0.2) is 18.2 Å². The molecule has 0 bridgehead atoms. The van der Waals surface area contributed by atoms with Crippen LogP contribution in [0.5, 0.6) is 0 Å². The molecule has 0 aliphatic carbocycles. The van der Waals surface area contributed by atoms with E-state index < -0.39 is 17.5 Å². The van der Waals surface area contributed by atoms with Crippen molar-refractivity contribution < 1.29 is 18.9 Å². The number of benzene rings is 1. The van der Waals surface area contributed by atoms with Gasteiger partial charge in [-0.2, -0.15) is 0 Å². The number of fused-ring (bicyclic) bond motifs is 1. The zero-order valence-electron chi connectivity index (χ0n) is 10.6. The number of Topliss-reactive ketones (excluding diaryl/α,β-unsaturated/α-hetero) is 1. The zero-order chi connectivity index (χ0) is 13.4. The van der Waals surface area contributed by atoms with E-state index in [4.69, 9.17) is 0 Å². The molecule has 1 aromatic rings. The van der Waals surface area contributed by atoms with E-state index in [1.54, 1.807) is 0 Å². The van der Waals surface area contributed by atoms with E-state index >= 15 is 0 Å². The quantitative estimate of drug-likeness (QED) is 0.782. The number of hydrogen-bond donors (Lipinski definition) is 1. The van der Waals surface area contributed by atoms with E-state index in [-0.39, 0.29) is 5.56 Å². The predicted octanol–water partition coefficient (Wildman–Crippen LogP) is 0.0337. The molecule has 100 valence electrons. The molecule has 2 heterocycles. The number of anilines is 1. The van der Waals surface area contributed by atoms with Crippen LogP contribution in [-0.2, 0) is 4.79 Å². The van der Waals surface area contributed by atoms with Crippen LogP contribution in [0.25, 0.3) is 0 Å². The molecule has 1 aromatic carbocycles. The van der Waals surface area contributed by atoms with Crippen molar-refractivity contribution in [2.75, 3.05) is 31.1 Å². The van der Waals surface area contributed by atoms with E-state index in [1.165, 1.54) is 34.8 Å². The Morgan fingerprint density at radius 2 is 1.95 bits per heavy atom. The van der Waals surface area contributed by atoms with Gasteiger partial charge in [0.1, 0.15) is 5.82 Å². The number of carbonyl (C=O) groups excluding carboxylic acids is 2. The molecule has 4 nitrogen and oxygen atoms in total. The molecule has 2 aliphatic heterocycles. The number of likely N-dealkylation sites (tertiary alicyclic amines) is 1. The van der Waals surface area contributed by atoms with Gasteiger partial charge in [0.15, 0.2) is 0 Å². The predicted molar refractivity (Wildman–Crippen MR) is 67.9 cm³/mol. The van der Waals surface area contributed by atoms with Gasteiger partial charge in [-0.05, 0) is 18.2 Å². The average molecular weight is 263 g/mol. The van der Waals surface area contributed by atoms with Crippen molar-refractivity contribution in [3.63, 3.8) is 0 Å². The van der Waals surface area contributed by atoms with E-state index in [0.29, 0.717) is 12.2 Å². The molecule has 0 saturated carbocycles. The largest absolute Gasteiger partial charge is 0.333 e. The Morgan fingerprint density at radius 3 is 2.68 bits per heavy atom. The highest BCUT2D eigenvalue weighted by Gasteiger charge is 2.36. The number of carbonyl (C=O) groups is 2. The van der Waals surface area contributed by atoms with Crippen LogP contribution in [0.3, 0.4) is 0 Å².